The Morgan fingerprint density at radius 3 is 2.58 bits per heavy atom. The number of nitrogens with zero attached hydrogens (tertiary/aromatic N) is 1. The summed E-state index contributed by atoms with van der Waals surface area (Å²) < 4.78 is 15.8. The van der Waals surface area contributed by atoms with E-state index in [9.17, 15) is 9.59 Å². The van der Waals surface area contributed by atoms with Gasteiger partial charge in [0.2, 0.25) is 0 Å². The molecule has 0 aromatic heterocycles. The van der Waals surface area contributed by atoms with Gasteiger partial charge in [0.25, 0.3) is 5.91 Å². The minimum atomic E-state index is -0.936. The van der Waals surface area contributed by atoms with Gasteiger partial charge in [-0.1, -0.05) is 0 Å². The molecule has 7 heteroatoms. The van der Waals surface area contributed by atoms with Gasteiger partial charge in [0.05, 0.1) is 39.1 Å². The number of hydrogen-bond donors (Lipinski definition) is 1. The lowest BCUT2D eigenvalue weighted by molar-refractivity contribution is -0.161. The Bertz CT molecular complexity index is 341. The van der Waals surface area contributed by atoms with Crippen LogP contribution in [0.1, 0.15) is 6.92 Å². The van der Waals surface area contributed by atoms with E-state index in [0.29, 0.717) is 19.8 Å². The monoisotopic (exact) mass is 273 g/mol. The number of amides is 1. The Hall–Kier alpha value is -1.18. The van der Waals surface area contributed by atoms with Crippen LogP contribution in [0.25, 0.3) is 0 Å². The Morgan fingerprint density at radius 1 is 1.21 bits per heavy atom. The van der Waals surface area contributed by atoms with Crippen molar-refractivity contribution in [2.24, 2.45) is 5.92 Å². The summed E-state index contributed by atoms with van der Waals surface area (Å²) in [5.74, 6) is -1.83. The van der Waals surface area contributed by atoms with E-state index in [1.54, 1.807) is 0 Å². The summed E-state index contributed by atoms with van der Waals surface area (Å²) in [6.45, 7) is 3.74. The van der Waals surface area contributed by atoms with Crippen molar-refractivity contribution in [2.45, 2.75) is 19.1 Å². The number of rotatable bonds is 4. The van der Waals surface area contributed by atoms with E-state index in [4.69, 9.17) is 19.3 Å². The average molecular weight is 273 g/mol. The summed E-state index contributed by atoms with van der Waals surface area (Å²) in [5.41, 5.74) is 0. The third-order valence-corrected chi connectivity index (χ3v) is 3.48. The van der Waals surface area contributed by atoms with E-state index in [1.807, 2.05) is 6.92 Å². The van der Waals surface area contributed by atoms with Crippen molar-refractivity contribution in [3.8, 4) is 0 Å². The summed E-state index contributed by atoms with van der Waals surface area (Å²) in [6.07, 6.45) is -0.635. The summed E-state index contributed by atoms with van der Waals surface area (Å²) in [4.78, 5) is 25.0. The predicted octanol–water partition coefficient (Wildman–Crippen LogP) is -0.650. The topological polar surface area (TPSA) is 85.3 Å². The van der Waals surface area contributed by atoms with Crippen molar-refractivity contribution in [1.82, 2.24) is 4.90 Å². The molecule has 0 bridgehead atoms. The van der Waals surface area contributed by atoms with Gasteiger partial charge in [0.15, 0.2) is 6.10 Å². The molecule has 2 aliphatic heterocycles. The summed E-state index contributed by atoms with van der Waals surface area (Å²) in [5, 5.41) is 9.15. The first-order valence-electron chi connectivity index (χ1n) is 6.45. The van der Waals surface area contributed by atoms with Gasteiger partial charge in [-0.2, -0.15) is 0 Å². The van der Waals surface area contributed by atoms with Crippen LogP contribution in [0.5, 0.6) is 0 Å². The summed E-state index contributed by atoms with van der Waals surface area (Å²) in [7, 11) is 0. The molecule has 0 radical (unpaired) electrons. The van der Waals surface area contributed by atoms with Crippen LogP contribution in [0.15, 0.2) is 0 Å². The normalized spacial score (nSPS) is 31.1. The second-order valence-corrected chi connectivity index (χ2v) is 4.61. The highest BCUT2D eigenvalue weighted by Gasteiger charge is 2.41. The Morgan fingerprint density at radius 2 is 2.00 bits per heavy atom. The minimum absolute atomic E-state index is 0.145. The number of aliphatic carboxylic acids is 1. The van der Waals surface area contributed by atoms with E-state index in [1.165, 1.54) is 4.90 Å². The third-order valence-electron chi connectivity index (χ3n) is 3.48. The molecule has 19 heavy (non-hydrogen) atoms. The van der Waals surface area contributed by atoms with Gasteiger partial charge < -0.3 is 24.2 Å². The maximum atomic E-state index is 12.4. The van der Waals surface area contributed by atoms with Crippen LogP contribution in [-0.4, -0.2) is 73.6 Å². The molecule has 2 heterocycles. The van der Waals surface area contributed by atoms with E-state index in [0.717, 1.165) is 0 Å². The number of carbonyl (C=O) groups is 2. The van der Waals surface area contributed by atoms with Crippen molar-refractivity contribution < 1.29 is 28.9 Å². The molecule has 3 unspecified atom stereocenters. The standard InChI is InChI=1S/C12H19NO6/c1-2-13(9-6-18-5-8(9)12(15)16)11(14)10-7-17-3-4-19-10/h8-10H,2-7H2,1H3,(H,15,16). The fourth-order valence-electron chi connectivity index (χ4n) is 2.46. The van der Waals surface area contributed by atoms with Crippen LogP contribution in [0.2, 0.25) is 0 Å². The maximum Gasteiger partial charge on any atom is 0.311 e. The molecular weight excluding hydrogens is 254 g/mol. The fourth-order valence-corrected chi connectivity index (χ4v) is 2.46. The van der Waals surface area contributed by atoms with Crippen LogP contribution in [0.4, 0.5) is 0 Å². The molecule has 0 aromatic rings. The smallest absolute Gasteiger partial charge is 0.311 e. The quantitative estimate of drug-likeness (QED) is 0.732. The van der Waals surface area contributed by atoms with E-state index < -0.39 is 24.0 Å². The molecule has 7 nitrogen and oxygen atoms in total. The first-order chi connectivity index (χ1) is 9.15. The number of carbonyl (C=O) groups excluding carboxylic acids is 1. The van der Waals surface area contributed by atoms with Gasteiger partial charge in [-0.15, -0.1) is 0 Å². The predicted molar refractivity (Wildman–Crippen MR) is 63.7 cm³/mol. The zero-order valence-electron chi connectivity index (χ0n) is 10.9. The van der Waals surface area contributed by atoms with Crippen molar-refractivity contribution in [3.63, 3.8) is 0 Å². The van der Waals surface area contributed by atoms with Crippen LogP contribution < -0.4 is 0 Å². The molecule has 3 atom stereocenters. The number of carboxylic acid groups (broad SMARTS) is 1. The van der Waals surface area contributed by atoms with Crippen molar-refractivity contribution in [3.05, 3.63) is 0 Å². The lowest BCUT2D eigenvalue weighted by Crippen LogP contribution is -2.52. The average Bonchev–Trinajstić information content (AvgIpc) is 2.90. The van der Waals surface area contributed by atoms with Crippen LogP contribution in [-0.2, 0) is 23.8 Å². The highest BCUT2D eigenvalue weighted by Crippen LogP contribution is 2.21. The molecule has 2 fully saturated rings. The van der Waals surface area contributed by atoms with Gasteiger partial charge in [0, 0.05) is 6.54 Å². The number of ether oxygens (including phenoxy) is 3. The molecule has 0 aliphatic carbocycles. The van der Waals surface area contributed by atoms with Crippen LogP contribution in [0, 0.1) is 5.92 Å². The third kappa shape index (κ3) is 3.05. The first kappa shape index (κ1) is 14.2. The molecule has 1 amide bonds. The van der Waals surface area contributed by atoms with Crippen molar-refractivity contribution in [1.29, 1.82) is 0 Å². The summed E-state index contributed by atoms with van der Waals surface area (Å²) in [6, 6.07) is -0.430. The molecule has 0 spiro atoms. The fraction of sp³-hybridized carbons (Fsp3) is 0.833. The SMILES string of the molecule is CCN(C(=O)C1COCCO1)C1COCC1C(=O)O. The van der Waals surface area contributed by atoms with E-state index in [2.05, 4.69) is 0 Å². The highest BCUT2D eigenvalue weighted by molar-refractivity contribution is 5.82. The lowest BCUT2D eigenvalue weighted by Gasteiger charge is -2.33. The van der Waals surface area contributed by atoms with Gasteiger partial charge in [-0.05, 0) is 6.92 Å². The Balaban J connectivity index is 2.05. The Kier molecular flexibility index (Phi) is 4.73. The molecule has 108 valence electrons. The molecule has 0 saturated carbocycles. The zero-order chi connectivity index (χ0) is 13.8. The largest absolute Gasteiger partial charge is 0.481 e. The molecule has 0 aromatic carbocycles. The maximum absolute atomic E-state index is 12.4. The molecule has 2 rings (SSSR count). The minimum Gasteiger partial charge on any atom is -0.481 e. The van der Waals surface area contributed by atoms with Gasteiger partial charge in [-0.25, -0.2) is 0 Å². The van der Waals surface area contributed by atoms with Crippen molar-refractivity contribution in [2.75, 3.05) is 39.6 Å². The first-order valence-corrected chi connectivity index (χ1v) is 6.45. The second kappa shape index (κ2) is 6.31. The molecule has 1 N–H and O–H groups in total. The van der Waals surface area contributed by atoms with Crippen LogP contribution >= 0.6 is 0 Å². The number of likely N-dealkylation sites (N-methyl/N-ethyl adjacent to an activating group) is 1. The lowest BCUT2D eigenvalue weighted by atomic mass is 10.0. The molecular formula is C12H19NO6. The van der Waals surface area contributed by atoms with Crippen LogP contribution in [0.3, 0.4) is 0 Å². The molecule has 2 saturated heterocycles. The number of carboxylic acids is 1. The van der Waals surface area contributed by atoms with Gasteiger partial charge in [0.1, 0.15) is 5.92 Å². The Labute approximate surface area is 111 Å². The number of hydrogen-bond acceptors (Lipinski definition) is 5. The van der Waals surface area contributed by atoms with Gasteiger partial charge in [-0.3, -0.25) is 9.59 Å². The van der Waals surface area contributed by atoms with E-state index >= 15 is 0 Å². The zero-order valence-corrected chi connectivity index (χ0v) is 10.9. The van der Waals surface area contributed by atoms with E-state index in [-0.39, 0.29) is 25.7 Å². The molecule has 2 aliphatic rings. The highest BCUT2D eigenvalue weighted by atomic mass is 16.6. The summed E-state index contributed by atoms with van der Waals surface area (Å²) >= 11 is 0. The second-order valence-electron chi connectivity index (χ2n) is 4.61. The van der Waals surface area contributed by atoms with Crippen molar-refractivity contribution >= 4 is 11.9 Å². The van der Waals surface area contributed by atoms with Gasteiger partial charge >= 0.3 is 5.97 Å².